The van der Waals surface area contributed by atoms with E-state index in [4.69, 9.17) is 11.6 Å². The lowest BCUT2D eigenvalue weighted by molar-refractivity contribution is 0.624. The third kappa shape index (κ3) is 3.48. The first-order chi connectivity index (χ1) is 9.10. The Bertz CT molecular complexity index is 551. The molecule has 0 aliphatic carbocycles. The van der Waals surface area contributed by atoms with E-state index in [0.717, 1.165) is 17.7 Å². The maximum absolute atomic E-state index is 13.4. The lowest BCUT2D eigenvalue weighted by Crippen LogP contribution is -2.06. The maximum atomic E-state index is 13.4. The van der Waals surface area contributed by atoms with Crippen LogP contribution in [0.5, 0.6) is 0 Å². The second-order valence-electron chi connectivity index (χ2n) is 4.59. The van der Waals surface area contributed by atoms with Gasteiger partial charge in [-0.05, 0) is 48.7 Å². The Labute approximate surface area is 118 Å². The van der Waals surface area contributed by atoms with Gasteiger partial charge in [0.25, 0.3) is 0 Å². The van der Waals surface area contributed by atoms with Crippen molar-refractivity contribution in [3.05, 3.63) is 64.4 Å². The van der Waals surface area contributed by atoms with Crippen LogP contribution < -0.4 is 5.32 Å². The zero-order valence-electron chi connectivity index (χ0n) is 11.1. The molecular weight excluding hydrogens is 261 g/mol. The van der Waals surface area contributed by atoms with Crippen molar-refractivity contribution in [1.29, 1.82) is 0 Å². The molecule has 2 aromatic carbocycles. The topological polar surface area (TPSA) is 12.0 Å². The standard InChI is InChI=1S/C16H17ClFN/c1-3-12-4-7-14(8-5-12)19-11(2)13-6-9-15(17)16(18)10-13/h4-11,19H,3H2,1-2H3. The van der Waals surface area contributed by atoms with E-state index in [1.807, 2.05) is 25.1 Å². The highest BCUT2D eigenvalue weighted by atomic mass is 35.5. The van der Waals surface area contributed by atoms with E-state index < -0.39 is 0 Å². The lowest BCUT2D eigenvalue weighted by atomic mass is 10.1. The molecule has 100 valence electrons. The highest BCUT2D eigenvalue weighted by molar-refractivity contribution is 6.30. The van der Waals surface area contributed by atoms with E-state index >= 15 is 0 Å². The fourth-order valence-electron chi connectivity index (χ4n) is 1.95. The molecule has 1 nitrogen and oxygen atoms in total. The number of benzene rings is 2. The third-order valence-electron chi connectivity index (χ3n) is 3.19. The van der Waals surface area contributed by atoms with E-state index in [0.29, 0.717) is 0 Å². The fourth-order valence-corrected chi connectivity index (χ4v) is 2.07. The Morgan fingerprint density at radius 1 is 1.16 bits per heavy atom. The summed E-state index contributed by atoms with van der Waals surface area (Å²) in [6.07, 6.45) is 1.03. The van der Waals surface area contributed by atoms with Crippen molar-refractivity contribution < 1.29 is 4.39 Å². The van der Waals surface area contributed by atoms with Crippen LogP contribution in [-0.4, -0.2) is 0 Å². The first-order valence-electron chi connectivity index (χ1n) is 6.40. The monoisotopic (exact) mass is 277 g/mol. The average Bonchev–Trinajstić information content (AvgIpc) is 2.42. The molecule has 0 radical (unpaired) electrons. The van der Waals surface area contributed by atoms with Crippen LogP contribution >= 0.6 is 11.6 Å². The van der Waals surface area contributed by atoms with Crippen LogP contribution in [0.4, 0.5) is 10.1 Å². The second kappa shape index (κ2) is 6.07. The number of rotatable bonds is 4. The largest absolute Gasteiger partial charge is 0.379 e. The van der Waals surface area contributed by atoms with E-state index in [2.05, 4.69) is 24.4 Å². The van der Waals surface area contributed by atoms with E-state index in [9.17, 15) is 4.39 Å². The third-order valence-corrected chi connectivity index (χ3v) is 3.50. The summed E-state index contributed by atoms with van der Waals surface area (Å²) in [5, 5.41) is 3.50. The van der Waals surface area contributed by atoms with Gasteiger partial charge in [0.1, 0.15) is 5.82 Å². The van der Waals surface area contributed by atoms with Gasteiger partial charge in [-0.3, -0.25) is 0 Å². The minimum absolute atomic E-state index is 0.0271. The molecule has 0 spiro atoms. The normalized spacial score (nSPS) is 12.2. The summed E-state index contributed by atoms with van der Waals surface area (Å²) in [6.45, 7) is 4.12. The molecule has 19 heavy (non-hydrogen) atoms. The molecule has 0 saturated carbocycles. The van der Waals surface area contributed by atoms with E-state index in [1.165, 1.54) is 11.6 Å². The molecule has 1 unspecified atom stereocenters. The number of hydrogen-bond donors (Lipinski definition) is 1. The predicted molar refractivity (Wildman–Crippen MR) is 79.3 cm³/mol. The molecular formula is C16H17ClFN. The van der Waals surface area contributed by atoms with Gasteiger partial charge in [-0.25, -0.2) is 4.39 Å². The Morgan fingerprint density at radius 2 is 1.84 bits per heavy atom. The van der Waals surface area contributed by atoms with Gasteiger partial charge in [0, 0.05) is 11.7 Å². The van der Waals surface area contributed by atoms with Crippen molar-refractivity contribution in [1.82, 2.24) is 0 Å². The van der Waals surface area contributed by atoms with Gasteiger partial charge < -0.3 is 5.32 Å². The molecule has 3 heteroatoms. The molecule has 0 aliphatic rings. The molecule has 2 rings (SSSR count). The predicted octanol–water partition coefficient (Wildman–Crippen LogP) is 5.21. The molecule has 2 aromatic rings. The number of hydrogen-bond acceptors (Lipinski definition) is 1. The zero-order chi connectivity index (χ0) is 13.8. The first-order valence-corrected chi connectivity index (χ1v) is 6.78. The van der Waals surface area contributed by atoms with Crippen molar-refractivity contribution in [3.63, 3.8) is 0 Å². The van der Waals surface area contributed by atoms with Gasteiger partial charge in [0.05, 0.1) is 5.02 Å². The van der Waals surface area contributed by atoms with Gasteiger partial charge >= 0.3 is 0 Å². The highest BCUT2D eigenvalue weighted by Crippen LogP contribution is 2.23. The molecule has 0 bridgehead atoms. The Morgan fingerprint density at radius 3 is 2.42 bits per heavy atom. The van der Waals surface area contributed by atoms with Gasteiger partial charge in [-0.15, -0.1) is 0 Å². The van der Waals surface area contributed by atoms with Crippen LogP contribution in [0.15, 0.2) is 42.5 Å². The summed E-state index contributed by atoms with van der Waals surface area (Å²) in [7, 11) is 0. The minimum atomic E-state index is -0.380. The Hall–Kier alpha value is -1.54. The number of halogens is 2. The van der Waals surface area contributed by atoms with E-state index in [1.54, 1.807) is 6.07 Å². The molecule has 0 aromatic heterocycles. The summed E-state index contributed by atoms with van der Waals surface area (Å²) in [5.74, 6) is -0.380. The quantitative estimate of drug-likeness (QED) is 0.808. The van der Waals surface area contributed by atoms with Gasteiger partial charge in [-0.2, -0.15) is 0 Å². The molecule has 0 amide bonds. The summed E-state index contributed by atoms with van der Waals surface area (Å²) in [4.78, 5) is 0. The Balaban J connectivity index is 2.10. The van der Waals surface area contributed by atoms with E-state index in [-0.39, 0.29) is 16.9 Å². The van der Waals surface area contributed by atoms with Crippen LogP contribution in [0.1, 0.15) is 31.0 Å². The number of aryl methyl sites for hydroxylation is 1. The van der Waals surface area contributed by atoms with Crippen molar-refractivity contribution in [2.45, 2.75) is 26.3 Å². The first kappa shape index (κ1) is 13.9. The summed E-state index contributed by atoms with van der Waals surface area (Å²) in [5.41, 5.74) is 3.21. The van der Waals surface area contributed by atoms with Gasteiger partial charge in [0.2, 0.25) is 0 Å². The summed E-state index contributed by atoms with van der Waals surface area (Å²) < 4.78 is 13.4. The van der Waals surface area contributed by atoms with Crippen molar-refractivity contribution in [2.75, 3.05) is 5.32 Å². The smallest absolute Gasteiger partial charge is 0.142 e. The van der Waals surface area contributed by atoms with Crippen molar-refractivity contribution >= 4 is 17.3 Å². The van der Waals surface area contributed by atoms with Crippen LogP contribution in [0.2, 0.25) is 5.02 Å². The van der Waals surface area contributed by atoms with Crippen LogP contribution in [0.3, 0.4) is 0 Å². The fraction of sp³-hybridized carbons (Fsp3) is 0.250. The minimum Gasteiger partial charge on any atom is -0.379 e. The van der Waals surface area contributed by atoms with Gasteiger partial charge in [0.15, 0.2) is 0 Å². The van der Waals surface area contributed by atoms with Crippen molar-refractivity contribution in [3.8, 4) is 0 Å². The lowest BCUT2D eigenvalue weighted by Gasteiger charge is -2.16. The van der Waals surface area contributed by atoms with Crippen LogP contribution in [0, 0.1) is 5.82 Å². The zero-order valence-corrected chi connectivity index (χ0v) is 11.8. The SMILES string of the molecule is CCc1ccc(NC(C)c2ccc(Cl)c(F)c2)cc1. The molecule has 0 saturated heterocycles. The van der Waals surface area contributed by atoms with Crippen LogP contribution in [0.25, 0.3) is 0 Å². The molecule has 0 heterocycles. The summed E-state index contributed by atoms with van der Waals surface area (Å²) in [6, 6.07) is 13.2. The maximum Gasteiger partial charge on any atom is 0.142 e. The van der Waals surface area contributed by atoms with Crippen molar-refractivity contribution in [2.24, 2.45) is 0 Å². The molecule has 0 aliphatic heterocycles. The highest BCUT2D eigenvalue weighted by Gasteiger charge is 2.08. The Kier molecular flexibility index (Phi) is 4.43. The average molecular weight is 278 g/mol. The number of nitrogens with one attached hydrogen (secondary N) is 1. The number of anilines is 1. The van der Waals surface area contributed by atoms with Gasteiger partial charge in [-0.1, -0.05) is 36.7 Å². The molecule has 1 N–H and O–H groups in total. The summed E-state index contributed by atoms with van der Waals surface area (Å²) >= 11 is 5.68. The molecule has 0 fully saturated rings. The second-order valence-corrected chi connectivity index (χ2v) is 5.00. The molecule has 1 atom stereocenters. The van der Waals surface area contributed by atoms with Crippen LogP contribution in [-0.2, 0) is 6.42 Å².